The lowest BCUT2D eigenvalue weighted by atomic mass is 9.53. The number of hydrogen-bond donors (Lipinski definition) is 2. The zero-order valence-corrected chi connectivity index (χ0v) is 22.2. The molecule has 4 atom stereocenters. The van der Waals surface area contributed by atoms with Crippen LogP contribution in [0.5, 0.6) is 5.75 Å². The molecule has 37 heavy (non-hydrogen) atoms. The second-order valence-electron chi connectivity index (χ2n) is 12.0. The second kappa shape index (κ2) is 11.6. The molecule has 1 aliphatic heterocycles. The fourth-order valence-corrected chi connectivity index (χ4v) is 6.62. The van der Waals surface area contributed by atoms with Gasteiger partial charge in [-0.05, 0) is 79.2 Å². The van der Waals surface area contributed by atoms with E-state index in [-0.39, 0.29) is 18.2 Å². The Morgan fingerprint density at radius 1 is 1.19 bits per heavy atom. The van der Waals surface area contributed by atoms with Crippen molar-refractivity contribution in [3.05, 3.63) is 29.3 Å². The van der Waals surface area contributed by atoms with Gasteiger partial charge < -0.3 is 19.9 Å². The number of alkyl halides is 3. The van der Waals surface area contributed by atoms with Crippen LogP contribution in [0.1, 0.15) is 83.8 Å². The number of benzene rings is 1. The predicted octanol–water partition coefficient (Wildman–Crippen LogP) is 6.01. The van der Waals surface area contributed by atoms with Crippen molar-refractivity contribution in [1.82, 2.24) is 5.32 Å². The summed E-state index contributed by atoms with van der Waals surface area (Å²) in [7, 11) is 0. The third kappa shape index (κ3) is 7.62. The maximum absolute atomic E-state index is 12.2. The maximum Gasteiger partial charge on any atom is 0.490 e. The van der Waals surface area contributed by atoms with E-state index >= 15 is 0 Å². The van der Waals surface area contributed by atoms with Crippen LogP contribution in [0.15, 0.2) is 18.2 Å². The largest absolute Gasteiger partial charge is 0.490 e. The molecule has 2 aliphatic carbocycles. The standard InChI is InChI=1S/C26H39NO3.C2HF3O2/c1-18(16-25(2,3)4)13-24(28)30-17-29-20-9-8-19-14-23-21-7-5-6-10-26(21,11-12-27-23)22(19)15-20;3-2(4,5)1(6)7/h8-9,15,18,21,23,27H,5-7,10-14,16-17H2,1-4H3;(H,6,7)/t18?,21-,23+,26-;/m1./s1. The van der Waals surface area contributed by atoms with Gasteiger partial charge in [-0.3, -0.25) is 4.79 Å². The molecular formula is C28H40F3NO5. The molecule has 1 heterocycles. The molecule has 1 saturated carbocycles. The van der Waals surface area contributed by atoms with Crippen LogP contribution in [0.3, 0.4) is 0 Å². The first-order valence-electron chi connectivity index (χ1n) is 13.2. The van der Waals surface area contributed by atoms with Gasteiger partial charge in [0.2, 0.25) is 6.79 Å². The van der Waals surface area contributed by atoms with Crippen LogP contribution < -0.4 is 10.1 Å². The minimum absolute atomic E-state index is 0.000463. The number of aliphatic carboxylic acids is 1. The molecular weight excluding hydrogens is 487 g/mol. The number of halogens is 3. The van der Waals surface area contributed by atoms with E-state index in [0.29, 0.717) is 23.8 Å². The number of rotatable bonds is 6. The highest BCUT2D eigenvalue weighted by Gasteiger charge is 2.51. The van der Waals surface area contributed by atoms with Crippen molar-refractivity contribution in [2.24, 2.45) is 17.3 Å². The molecule has 0 amide bonds. The molecule has 2 N–H and O–H groups in total. The first-order valence-corrected chi connectivity index (χ1v) is 13.2. The van der Waals surface area contributed by atoms with Gasteiger partial charge in [-0.15, -0.1) is 0 Å². The van der Waals surface area contributed by atoms with Crippen molar-refractivity contribution in [3.63, 3.8) is 0 Å². The molecule has 4 rings (SSSR count). The van der Waals surface area contributed by atoms with Crippen LogP contribution in [-0.4, -0.2) is 42.6 Å². The first kappa shape index (κ1) is 29.3. The summed E-state index contributed by atoms with van der Waals surface area (Å²) in [5.41, 5.74) is 3.53. The van der Waals surface area contributed by atoms with Crippen LogP contribution in [0.2, 0.25) is 0 Å². The lowest BCUT2D eigenvalue weighted by Gasteiger charge is -2.56. The highest BCUT2D eigenvalue weighted by molar-refractivity contribution is 5.73. The number of carbonyl (C=O) groups is 2. The minimum atomic E-state index is -5.08. The van der Waals surface area contributed by atoms with Crippen molar-refractivity contribution in [2.75, 3.05) is 13.3 Å². The molecule has 1 saturated heterocycles. The zero-order chi connectivity index (χ0) is 27.4. The number of hydrogen-bond acceptors (Lipinski definition) is 5. The fraction of sp³-hybridized carbons (Fsp3) is 0.714. The Kier molecular flexibility index (Phi) is 9.19. The van der Waals surface area contributed by atoms with Gasteiger partial charge in [0.1, 0.15) is 5.75 Å². The molecule has 208 valence electrons. The van der Waals surface area contributed by atoms with E-state index in [4.69, 9.17) is 19.4 Å². The highest BCUT2D eigenvalue weighted by atomic mass is 19.4. The SMILES string of the molecule is CC(CC(=O)OCOc1ccc2c(c1)[C@@]13CCCC[C@@H]1[C@H](C2)NCC3)CC(C)(C)C.O=C(O)C(F)(F)F. The molecule has 6 nitrogen and oxygen atoms in total. The van der Waals surface area contributed by atoms with Crippen LogP contribution in [-0.2, 0) is 26.2 Å². The molecule has 1 aromatic rings. The summed E-state index contributed by atoms with van der Waals surface area (Å²) in [4.78, 5) is 21.1. The fourth-order valence-electron chi connectivity index (χ4n) is 6.62. The third-order valence-corrected chi connectivity index (χ3v) is 7.78. The Hall–Kier alpha value is -2.29. The van der Waals surface area contributed by atoms with Gasteiger partial charge in [0.15, 0.2) is 0 Å². The van der Waals surface area contributed by atoms with Gasteiger partial charge in [0.05, 0.1) is 0 Å². The minimum Gasteiger partial charge on any atom is -0.475 e. The van der Waals surface area contributed by atoms with Gasteiger partial charge >= 0.3 is 18.1 Å². The summed E-state index contributed by atoms with van der Waals surface area (Å²) in [5, 5.41) is 10.9. The molecule has 1 aromatic carbocycles. The van der Waals surface area contributed by atoms with Crippen molar-refractivity contribution in [1.29, 1.82) is 0 Å². The highest BCUT2D eigenvalue weighted by Crippen LogP contribution is 2.54. The lowest BCUT2D eigenvalue weighted by molar-refractivity contribution is -0.192. The van der Waals surface area contributed by atoms with Crippen molar-refractivity contribution in [2.45, 2.75) is 96.7 Å². The predicted molar refractivity (Wildman–Crippen MR) is 133 cm³/mol. The number of ether oxygens (including phenoxy) is 2. The Labute approximate surface area is 217 Å². The number of piperidine rings is 1. The number of carbonyl (C=O) groups excluding carboxylic acids is 1. The maximum atomic E-state index is 12.2. The smallest absolute Gasteiger partial charge is 0.475 e. The van der Waals surface area contributed by atoms with Gasteiger partial charge in [-0.25, -0.2) is 4.79 Å². The third-order valence-electron chi connectivity index (χ3n) is 7.78. The summed E-state index contributed by atoms with van der Waals surface area (Å²) in [6.07, 6.45) is 4.06. The molecule has 0 spiro atoms. The Morgan fingerprint density at radius 2 is 1.89 bits per heavy atom. The topological polar surface area (TPSA) is 84.9 Å². The molecule has 9 heteroatoms. The van der Waals surface area contributed by atoms with E-state index in [1.54, 1.807) is 0 Å². The van der Waals surface area contributed by atoms with Crippen LogP contribution >= 0.6 is 0 Å². The summed E-state index contributed by atoms with van der Waals surface area (Å²) in [6.45, 7) is 9.85. The lowest BCUT2D eigenvalue weighted by Crippen LogP contribution is -2.59. The van der Waals surface area contributed by atoms with Gasteiger partial charge in [-0.1, -0.05) is 46.6 Å². The molecule has 3 aliphatic rings. The number of carboxylic acids is 1. The molecule has 0 radical (unpaired) electrons. The normalized spacial score (nSPS) is 25.5. The van der Waals surface area contributed by atoms with Gasteiger partial charge in [-0.2, -0.15) is 13.2 Å². The number of esters is 1. The summed E-state index contributed by atoms with van der Waals surface area (Å²) >= 11 is 0. The van der Waals surface area contributed by atoms with E-state index in [0.717, 1.165) is 31.1 Å². The van der Waals surface area contributed by atoms with Gasteiger partial charge in [0, 0.05) is 17.9 Å². The van der Waals surface area contributed by atoms with Crippen molar-refractivity contribution < 1.29 is 37.3 Å². The van der Waals surface area contributed by atoms with E-state index in [1.807, 2.05) is 6.07 Å². The van der Waals surface area contributed by atoms with E-state index in [1.165, 1.54) is 43.2 Å². The number of carboxylic acid groups (broad SMARTS) is 1. The van der Waals surface area contributed by atoms with Crippen molar-refractivity contribution in [3.8, 4) is 5.75 Å². The van der Waals surface area contributed by atoms with Crippen molar-refractivity contribution >= 4 is 11.9 Å². The molecule has 2 bridgehead atoms. The Morgan fingerprint density at radius 3 is 2.54 bits per heavy atom. The first-order chi connectivity index (χ1) is 17.2. The monoisotopic (exact) mass is 527 g/mol. The van der Waals surface area contributed by atoms with Crippen LogP contribution in [0, 0.1) is 17.3 Å². The van der Waals surface area contributed by atoms with E-state index < -0.39 is 12.1 Å². The molecule has 2 fully saturated rings. The average molecular weight is 528 g/mol. The zero-order valence-electron chi connectivity index (χ0n) is 22.2. The number of nitrogens with one attached hydrogen (secondary N) is 1. The van der Waals surface area contributed by atoms with E-state index in [9.17, 15) is 18.0 Å². The Bertz CT molecular complexity index is 954. The van der Waals surface area contributed by atoms with E-state index in [2.05, 4.69) is 45.1 Å². The van der Waals surface area contributed by atoms with Gasteiger partial charge in [0.25, 0.3) is 0 Å². The molecule has 1 unspecified atom stereocenters. The summed E-state index contributed by atoms with van der Waals surface area (Å²) in [6, 6.07) is 7.18. The quantitative estimate of drug-likeness (QED) is 0.348. The average Bonchev–Trinajstić information content (AvgIpc) is 2.78. The summed E-state index contributed by atoms with van der Waals surface area (Å²) < 4.78 is 43.0. The molecule has 0 aromatic heterocycles. The Balaban J connectivity index is 0.000000479. The number of fused-ring (bicyclic) bond motifs is 1. The van der Waals surface area contributed by atoms with Crippen LogP contribution in [0.25, 0.3) is 0 Å². The summed E-state index contributed by atoms with van der Waals surface area (Å²) in [5.74, 6) is -1.02. The van der Waals surface area contributed by atoms with Crippen LogP contribution in [0.4, 0.5) is 13.2 Å². The second-order valence-corrected chi connectivity index (χ2v) is 12.0.